The predicted molar refractivity (Wildman–Crippen MR) is 97.7 cm³/mol. The van der Waals surface area contributed by atoms with Crippen LogP contribution >= 0.6 is 15.9 Å². The summed E-state index contributed by atoms with van der Waals surface area (Å²) in [5.74, 6) is 0.552. The van der Waals surface area contributed by atoms with E-state index < -0.39 is 11.9 Å². The number of ether oxygens (including phenoxy) is 2. The molecule has 0 atom stereocenters. The van der Waals surface area contributed by atoms with E-state index in [1.807, 2.05) is 6.07 Å². The molecule has 0 aliphatic carbocycles. The van der Waals surface area contributed by atoms with E-state index in [0.29, 0.717) is 22.7 Å². The molecule has 3 rings (SSSR count). The van der Waals surface area contributed by atoms with Gasteiger partial charge in [0, 0.05) is 10.0 Å². The molecule has 0 bridgehead atoms. The minimum Gasteiger partial charge on any atom is -0.493 e. The van der Waals surface area contributed by atoms with Crippen molar-refractivity contribution in [3.05, 3.63) is 58.2 Å². The molecular weight excluding hydrogens is 388 g/mol. The van der Waals surface area contributed by atoms with Crippen molar-refractivity contribution in [1.29, 1.82) is 0 Å². The quantitative estimate of drug-likeness (QED) is 0.626. The summed E-state index contributed by atoms with van der Waals surface area (Å²) >= 11 is 3.39. The number of benzene rings is 2. The van der Waals surface area contributed by atoms with E-state index in [4.69, 9.17) is 9.47 Å². The standard InChI is InChI=1S/C18H15BrN2O4/c1-24-15-10-12(19)8-11(16(15)25-2)9-14-17(22)21(18(23)20-14)13-6-4-3-5-7-13/h3-10H,1-2H3,(H,20,23)/b14-9+. The van der Waals surface area contributed by atoms with Crippen LogP contribution in [-0.4, -0.2) is 26.2 Å². The zero-order valence-corrected chi connectivity index (χ0v) is 15.2. The Bertz CT molecular complexity index is 865. The number of rotatable bonds is 4. The average molecular weight is 403 g/mol. The van der Waals surface area contributed by atoms with Crippen LogP contribution in [0.4, 0.5) is 10.5 Å². The second-order valence-electron chi connectivity index (χ2n) is 5.19. The molecule has 1 N–H and O–H groups in total. The molecule has 1 saturated heterocycles. The Morgan fingerprint density at radius 1 is 1.08 bits per heavy atom. The highest BCUT2D eigenvalue weighted by Gasteiger charge is 2.35. The summed E-state index contributed by atoms with van der Waals surface area (Å²) in [6.07, 6.45) is 1.56. The number of imide groups is 1. The third-order valence-corrected chi connectivity index (χ3v) is 4.12. The molecule has 25 heavy (non-hydrogen) atoms. The molecular formula is C18H15BrN2O4. The first-order valence-corrected chi connectivity index (χ1v) is 8.18. The van der Waals surface area contributed by atoms with Gasteiger partial charge in [0.1, 0.15) is 5.70 Å². The summed E-state index contributed by atoms with van der Waals surface area (Å²) in [6, 6.07) is 11.8. The van der Waals surface area contributed by atoms with E-state index in [2.05, 4.69) is 21.2 Å². The van der Waals surface area contributed by atoms with E-state index in [1.165, 1.54) is 14.2 Å². The van der Waals surface area contributed by atoms with Crippen molar-refractivity contribution in [1.82, 2.24) is 5.32 Å². The van der Waals surface area contributed by atoms with Crippen molar-refractivity contribution in [3.63, 3.8) is 0 Å². The monoisotopic (exact) mass is 402 g/mol. The van der Waals surface area contributed by atoms with Gasteiger partial charge < -0.3 is 14.8 Å². The van der Waals surface area contributed by atoms with Gasteiger partial charge >= 0.3 is 6.03 Å². The van der Waals surface area contributed by atoms with Crippen molar-refractivity contribution in [2.24, 2.45) is 0 Å². The fourth-order valence-electron chi connectivity index (χ4n) is 2.57. The van der Waals surface area contributed by atoms with Gasteiger partial charge in [-0.2, -0.15) is 0 Å². The molecule has 2 aromatic rings. The number of carbonyl (C=O) groups is 2. The molecule has 0 saturated carbocycles. The van der Waals surface area contributed by atoms with Crippen LogP contribution in [-0.2, 0) is 4.79 Å². The third-order valence-electron chi connectivity index (χ3n) is 3.66. The minimum absolute atomic E-state index is 0.160. The molecule has 1 fully saturated rings. The number of hydrogen-bond acceptors (Lipinski definition) is 4. The van der Waals surface area contributed by atoms with E-state index in [0.717, 1.165) is 9.37 Å². The first kappa shape index (κ1) is 17.0. The van der Waals surface area contributed by atoms with Crippen LogP contribution in [0.15, 0.2) is 52.6 Å². The molecule has 1 aliphatic heterocycles. The molecule has 2 aromatic carbocycles. The van der Waals surface area contributed by atoms with Crippen LogP contribution in [0.25, 0.3) is 6.08 Å². The Hall–Kier alpha value is -2.80. The molecule has 0 aromatic heterocycles. The van der Waals surface area contributed by atoms with Crippen LogP contribution in [0.2, 0.25) is 0 Å². The summed E-state index contributed by atoms with van der Waals surface area (Å²) in [6.45, 7) is 0. The number of halogens is 1. The van der Waals surface area contributed by atoms with E-state index in [9.17, 15) is 9.59 Å². The number of methoxy groups -OCH3 is 2. The number of nitrogens with zero attached hydrogens (tertiary/aromatic N) is 1. The molecule has 128 valence electrons. The SMILES string of the molecule is COc1cc(Br)cc(/C=C2/NC(=O)N(c3ccccc3)C2=O)c1OC. The lowest BCUT2D eigenvalue weighted by Crippen LogP contribution is -2.30. The highest BCUT2D eigenvalue weighted by Crippen LogP contribution is 2.36. The number of para-hydroxylation sites is 1. The summed E-state index contributed by atoms with van der Waals surface area (Å²) < 4.78 is 11.4. The van der Waals surface area contributed by atoms with E-state index >= 15 is 0 Å². The summed E-state index contributed by atoms with van der Waals surface area (Å²) in [4.78, 5) is 26.0. The lowest BCUT2D eigenvalue weighted by atomic mass is 10.1. The molecule has 3 amide bonds. The van der Waals surface area contributed by atoms with Crippen molar-refractivity contribution < 1.29 is 19.1 Å². The first-order valence-electron chi connectivity index (χ1n) is 7.39. The zero-order chi connectivity index (χ0) is 18.0. The smallest absolute Gasteiger partial charge is 0.333 e. The first-order chi connectivity index (χ1) is 12.0. The molecule has 0 radical (unpaired) electrons. The Kier molecular flexibility index (Phi) is 4.76. The molecule has 1 heterocycles. The lowest BCUT2D eigenvalue weighted by Gasteiger charge is -2.12. The van der Waals surface area contributed by atoms with Gasteiger partial charge in [0.05, 0.1) is 19.9 Å². The van der Waals surface area contributed by atoms with E-state index in [-0.39, 0.29) is 5.70 Å². The average Bonchev–Trinajstić information content (AvgIpc) is 2.88. The number of carbonyl (C=O) groups excluding carboxylic acids is 2. The van der Waals surface area contributed by atoms with Crippen molar-refractivity contribution in [2.45, 2.75) is 0 Å². The maximum Gasteiger partial charge on any atom is 0.333 e. The Balaban J connectivity index is 2.02. The molecule has 0 spiro atoms. The Labute approximate surface area is 153 Å². The number of amides is 3. The second kappa shape index (κ2) is 6.98. The Morgan fingerprint density at radius 3 is 2.44 bits per heavy atom. The highest BCUT2D eigenvalue weighted by molar-refractivity contribution is 9.10. The van der Waals surface area contributed by atoms with Crippen LogP contribution in [0.5, 0.6) is 11.5 Å². The van der Waals surface area contributed by atoms with Gasteiger partial charge in [-0.15, -0.1) is 0 Å². The Morgan fingerprint density at radius 2 is 1.80 bits per heavy atom. The van der Waals surface area contributed by atoms with Gasteiger partial charge in [0.25, 0.3) is 5.91 Å². The fraction of sp³-hybridized carbons (Fsp3) is 0.111. The molecule has 7 heteroatoms. The van der Waals surface area contributed by atoms with Crippen LogP contribution in [0, 0.1) is 0 Å². The van der Waals surface area contributed by atoms with Gasteiger partial charge in [-0.25, -0.2) is 9.69 Å². The van der Waals surface area contributed by atoms with Gasteiger partial charge in [-0.3, -0.25) is 4.79 Å². The molecule has 6 nitrogen and oxygen atoms in total. The van der Waals surface area contributed by atoms with Crippen LogP contribution in [0.1, 0.15) is 5.56 Å². The summed E-state index contributed by atoms with van der Waals surface area (Å²) in [7, 11) is 3.04. The van der Waals surface area contributed by atoms with E-state index in [1.54, 1.807) is 42.5 Å². The number of nitrogens with one attached hydrogen (secondary N) is 1. The maximum atomic E-state index is 12.7. The van der Waals surface area contributed by atoms with Crippen molar-refractivity contribution in [2.75, 3.05) is 19.1 Å². The number of urea groups is 1. The normalized spacial score (nSPS) is 15.5. The van der Waals surface area contributed by atoms with Gasteiger partial charge in [0.15, 0.2) is 11.5 Å². The predicted octanol–water partition coefficient (Wildman–Crippen LogP) is 3.56. The van der Waals surface area contributed by atoms with Crippen LogP contribution in [0.3, 0.4) is 0 Å². The summed E-state index contributed by atoms with van der Waals surface area (Å²) in [5.41, 5.74) is 1.27. The molecule has 0 unspecified atom stereocenters. The third kappa shape index (κ3) is 3.23. The zero-order valence-electron chi connectivity index (χ0n) is 13.6. The van der Waals surface area contributed by atoms with Gasteiger partial charge in [-0.05, 0) is 30.3 Å². The second-order valence-corrected chi connectivity index (χ2v) is 6.11. The van der Waals surface area contributed by atoms with Gasteiger partial charge in [-0.1, -0.05) is 34.1 Å². The lowest BCUT2D eigenvalue weighted by molar-refractivity contribution is -0.113. The topological polar surface area (TPSA) is 67.9 Å². The number of hydrogen-bond donors (Lipinski definition) is 1. The fourth-order valence-corrected chi connectivity index (χ4v) is 3.02. The maximum absolute atomic E-state index is 12.7. The highest BCUT2D eigenvalue weighted by atomic mass is 79.9. The van der Waals surface area contributed by atoms with Crippen molar-refractivity contribution in [3.8, 4) is 11.5 Å². The van der Waals surface area contributed by atoms with Crippen LogP contribution < -0.4 is 19.7 Å². The molecule has 1 aliphatic rings. The van der Waals surface area contributed by atoms with Gasteiger partial charge in [0.2, 0.25) is 0 Å². The summed E-state index contributed by atoms with van der Waals surface area (Å²) in [5, 5.41) is 2.60. The largest absolute Gasteiger partial charge is 0.493 e. The minimum atomic E-state index is -0.497. The van der Waals surface area contributed by atoms with Crippen molar-refractivity contribution >= 4 is 39.6 Å². The number of anilines is 1.